The van der Waals surface area contributed by atoms with Crippen LogP contribution in [0, 0.1) is 6.92 Å². The first kappa shape index (κ1) is 18.6. The maximum Gasteiger partial charge on any atom is 0.237 e. The Morgan fingerprint density at radius 3 is 2.89 bits per heavy atom. The van der Waals surface area contributed by atoms with Crippen molar-refractivity contribution in [2.75, 3.05) is 7.11 Å². The number of aromatic nitrogens is 4. The quantitative estimate of drug-likeness (QED) is 0.406. The predicted octanol–water partition coefficient (Wildman–Crippen LogP) is 5.19. The van der Waals surface area contributed by atoms with Gasteiger partial charge in [0, 0.05) is 17.4 Å². The Hall–Kier alpha value is -2.77. The van der Waals surface area contributed by atoms with Gasteiger partial charge < -0.3 is 9.26 Å². The summed E-state index contributed by atoms with van der Waals surface area (Å²) in [5, 5.41) is 5.62. The van der Waals surface area contributed by atoms with Crippen LogP contribution in [-0.2, 0) is 5.75 Å². The van der Waals surface area contributed by atoms with Gasteiger partial charge in [0.25, 0.3) is 0 Å². The van der Waals surface area contributed by atoms with Crippen LogP contribution in [0.5, 0.6) is 5.75 Å². The second-order valence-electron chi connectivity index (χ2n) is 5.96. The fraction of sp³-hybridized carbons (Fsp3) is 0.150. The summed E-state index contributed by atoms with van der Waals surface area (Å²) < 4.78 is 12.8. The van der Waals surface area contributed by atoms with Crippen LogP contribution in [0.1, 0.15) is 11.5 Å². The van der Waals surface area contributed by atoms with Crippen LogP contribution in [-0.4, -0.2) is 26.8 Å². The number of benzene rings is 2. The molecule has 0 aliphatic heterocycles. The predicted molar refractivity (Wildman–Crippen MR) is 109 cm³/mol. The van der Waals surface area contributed by atoms with E-state index in [-0.39, 0.29) is 0 Å². The van der Waals surface area contributed by atoms with E-state index in [2.05, 4.69) is 15.1 Å². The zero-order valence-corrected chi connectivity index (χ0v) is 16.9. The monoisotopic (exact) mass is 412 g/mol. The molecule has 0 saturated carbocycles. The number of para-hydroxylation sites is 1. The topological polar surface area (TPSA) is 66.0 Å². The Labute approximate surface area is 171 Å². The molecular weight excluding hydrogens is 396 g/mol. The molecule has 0 spiro atoms. The highest BCUT2D eigenvalue weighted by Gasteiger charge is 2.15. The van der Waals surface area contributed by atoms with Crippen LogP contribution in [0.25, 0.3) is 17.1 Å². The van der Waals surface area contributed by atoms with Crippen LogP contribution in [0.2, 0.25) is 5.02 Å². The number of imidazole rings is 1. The number of thioether (sulfide) groups is 1. The van der Waals surface area contributed by atoms with E-state index in [4.69, 9.17) is 20.9 Å². The Bertz CT molecular complexity index is 1110. The number of ether oxygens (including phenoxy) is 1. The standard InChI is InChI=1S/C20H17ClN4O2S/c1-13-15(21)7-5-8-16(13)25-11-10-22-20(25)28-12-18-23-19(24-27-18)14-6-3-4-9-17(14)26-2/h3-11H,12H2,1-2H3. The number of rotatable bonds is 6. The van der Waals surface area contributed by atoms with Crippen molar-refractivity contribution in [2.45, 2.75) is 17.8 Å². The lowest BCUT2D eigenvalue weighted by Crippen LogP contribution is -1.98. The molecule has 0 amide bonds. The molecule has 0 fully saturated rings. The molecule has 4 aromatic rings. The molecule has 2 heterocycles. The minimum absolute atomic E-state index is 0.499. The van der Waals surface area contributed by atoms with Gasteiger partial charge in [-0.15, -0.1) is 0 Å². The van der Waals surface area contributed by atoms with E-state index in [1.807, 2.05) is 60.2 Å². The van der Waals surface area contributed by atoms with Gasteiger partial charge >= 0.3 is 0 Å². The first-order valence-corrected chi connectivity index (χ1v) is 9.91. The minimum atomic E-state index is 0.499. The van der Waals surface area contributed by atoms with Crippen LogP contribution in [0.15, 0.2) is 64.5 Å². The molecule has 0 radical (unpaired) electrons. The van der Waals surface area contributed by atoms with Gasteiger partial charge in [0.1, 0.15) is 5.75 Å². The lowest BCUT2D eigenvalue weighted by Gasteiger charge is -2.10. The fourth-order valence-corrected chi connectivity index (χ4v) is 3.79. The number of halogens is 1. The van der Waals surface area contributed by atoms with Crippen molar-refractivity contribution in [2.24, 2.45) is 0 Å². The summed E-state index contributed by atoms with van der Waals surface area (Å²) in [5.74, 6) is 2.22. The lowest BCUT2D eigenvalue weighted by atomic mass is 10.2. The molecule has 0 aliphatic carbocycles. The number of hydrogen-bond acceptors (Lipinski definition) is 6. The highest BCUT2D eigenvalue weighted by molar-refractivity contribution is 7.98. The SMILES string of the molecule is COc1ccccc1-c1noc(CSc2nccn2-c2cccc(Cl)c2C)n1. The van der Waals surface area contributed by atoms with Crippen molar-refractivity contribution in [3.8, 4) is 22.8 Å². The molecule has 2 aromatic carbocycles. The van der Waals surface area contributed by atoms with Crippen molar-refractivity contribution >= 4 is 23.4 Å². The maximum atomic E-state index is 6.26. The fourth-order valence-electron chi connectivity index (χ4n) is 2.82. The highest BCUT2D eigenvalue weighted by atomic mass is 35.5. The van der Waals surface area contributed by atoms with E-state index in [0.29, 0.717) is 23.2 Å². The second-order valence-corrected chi connectivity index (χ2v) is 7.31. The van der Waals surface area contributed by atoms with Crippen molar-refractivity contribution in [1.82, 2.24) is 19.7 Å². The van der Waals surface area contributed by atoms with E-state index in [0.717, 1.165) is 27.0 Å². The van der Waals surface area contributed by atoms with Crippen LogP contribution in [0.4, 0.5) is 0 Å². The van der Waals surface area contributed by atoms with E-state index < -0.39 is 0 Å². The minimum Gasteiger partial charge on any atom is -0.496 e. The zero-order valence-electron chi connectivity index (χ0n) is 15.3. The molecular formula is C20H17ClN4O2S. The summed E-state index contributed by atoms with van der Waals surface area (Å²) in [6, 6.07) is 13.4. The average Bonchev–Trinajstić information content (AvgIpc) is 3.38. The molecule has 0 aliphatic rings. The summed E-state index contributed by atoms with van der Waals surface area (Å²) in [4.78, 5) is 8.93. The molecule has 2 aromatic heterocycles. The van der Waals surface area contributed by atoms with Gasteiger partial charge in [0.05, 0.1) is 24.1 Å². The number of methoxy groups -OCH3 is 1. The smallest absolute Gasteiger partial charge is 0.237 e. The van der Waals surface area contributed by atoms with Crippen LogP contribution < -0.4 is 4.74 Å². The molecule has 28 heavy (non-hydrogen) atoms. The summed E-state index contributed by atoms with van der Waals surface area (Å²) in [6.45, 7) is 1.99. The van der Waals surface area contributed by atoms with Gasteiger partial charge in [-0.05, 0) is 36.8 Å². The Morgan fingerprint density at radius 2 is 2.04 bits per heavy atom. The van der Waals surface area contributed by atoms with Gasteiger partial charge in [0.15, 0.2) is 5.16 Å². The molecule has 0 atom stereocenters. The van der Waals surface area contributed by atoms with E-state index >= 15 is 0 Å². The molecule has 8 heteroatoms. The van der Waals surface area contributed by atoms with Crippen LogP contribution >= 0.6 is 23.4 Å². The Balaban J connectivity index is 1.53. The number of hydrogen-bond donors (Lipinski definition) is 0. The highest BCUT2D eigenvalue weighted by Crippen LogP contribution is 2.30. The largest absolute Gasteiger partial charge is 0.496 e. The second kappa shape index (κ2) is 8.08. The molecule has 4 rings (SSSR count). The third-order valence-corrected chi connectivity index (χ3v) is 5.61. The Kier molecular flexibility index (Phi) is 5.36. The average molecular weight is 413 g/mol. The molecule has 0 N–H and O–H groups in total. The molecule has 6 nitrogen and oxygen atoms in total. The summed E-state index contributed by atoms with van der Waals surface area (Å²) >= 11 is 7.77. The lowest BCUT2D eigenvalue weighted by molar-refractivity contribution is 0.390. The summed E-state index contributed by atoms with van der Waals surface area (Å²) in [5.41, 5.74) is 2.79. The van der Waals surface area contributed by atoms with Gasteiger partial charge in [-0.25, -0.2) is 4.98 Å². The molecule has 0 unspecified atom stereocenters. The Morgan fingerprint density at radius 1 is 1.18 bits per heavy atom. The van der Waals surface area contributed by atoms with Gasteiger partial charge in [0.2, 0.25) is 11.7 Å². The third kappa shape index (κ3) is 3.63. The van der Waals surface area contributed by atoms with E-state index in [1.54, 1.807) is 13.3 Å². The number of nitrogens with zero attached hydrogens (tertiary/aromatic N) is 4. The van der Waals surface area contributed by atoms with Crippen molar-refractivity contribution in [3.05, 3.63) is 71.3 Å². The zero-order chi connectivity index (χ0) is 19.5. The van der Waals surface area contributed by atoms with Crippen molar-refractivity contribution < 1.29 is 9.26 Å². The summed E-state index contributed by atoms with van der Waals surface area (Å²) in [7, 11) is 1.62. The normalized spacial score (nSPS) is 11.0. The molecule has 0 saturated heterocycles. The van der Waals surface area contributed by atoms with E-state index in [9.17, 15) is 0 Å². The molecule has 0 bridgehead atoms. The van der Waals surface area contributed by atoms with Crippen molar-refractivity contribution in [1.29, 1.82) is 0 Å². The summed E-state index contributed by atoms with van der Waals surface area (Å²) in [6.07, 6.45) is 3.67. The first-order chi connectivity index (χ1) is 13.7. The van der Waals surface area contributed by atoms with E-state index in [1.165, 1.54) is 11.8 Å². The maximum absolute atomic E-state index is 6.26. The van der Waals surface area contributed by atoms with Gasteiger partial charge in [-0.1, -0.05) is 46.7 Å². The molecule has 142 valence electrons. The van der Waals surface area contributed by atoms with Crippen molar-refractivity contribution in [3.63, 3.8) is 0 Å². The third-order valence-electron chi connectivity index (χ3n) is 4.25. The van der Waals surface area contributed by atoms with Crippen LogP contribution in [0.3, 0.4) is 0 Å². The van der Waals surface area contributed by atoms with Gasteiger partial charge in [-0.2, -0.15) is 4.98 Å². The van der Waals surface area contributed by atoms with Gasteiger partial charge in [-0.3, -0.25) is 4.57 Å². The first-order valence-electron chi connectivity index (χ1n) is 8.55.